The van der Waals surface area contributed by atoms with Gasteiger partial charge < -0.3 is 24.4 Å². The van der Waals surface area contributed by atoms with Crippen molar-refractivity contribution in [2.45, 2.75) is 30.7 Å². The molecule has 0 spiro atoms. The summed E-state index contributed by atoms with van der Waals surface area (Å²) in [7, 11) is 4.17. The normalized spacial score (nSPS) is 23.8. The van der Waals surface area contributed by atoms with E-state index in [0.29, 0.717) is 23.7 Å². The number of fused-ring (bicyclic) bond motifs is 1. The van der Waals surface area contributed by atoms with Crippen LogP contribution in [-0.2, 0) is 14.3 Å². The van der Waals surface area contributed by atoms with E-state index >= 15 is 0 Å². The smallest absolute Gasteiger partial charge is 0.340 e. The number of nitrogens with zero attached hydrogens (tertiary/aromatic N) is 1. The first-order valence-corrected chi connectivity index (χ1v) is 9.44. The lowest BCUT2D eigenvalue weighted by atomic mass is 10.1. The van der Waals surface area contributed by atoms with Crippen molar-refractivity contribution in [3.63, 3.8) is 0 Å². The summed E-state index contributed by atoms with van der Waals surface area (Å²) in [6.07, 6.45) is 1.17. The highest BCUT2D eigenvalue weighted by molar-refractivity contribution is 8.01. The number of methoxy groups -OCH3 is 3. The largest absolute Gasteiger partial charge is 0.493 e. The quantitative estimate of drug-likeness (QED) is 0.762. The van der Waals surface area contributed by atoms with Crippen LogP contribution in [-0.4, -0.2) is 60.7 Å². The van der Waals surface area contributed by atoms with Crippen LogP contribution in [0.4, 0.5) is 5.69 Å². The summed E-state index contributed by atoms with van der Waals surface area (Å²) in [6.45, 7) is 1.98. The molecule has 9 heteroatoms. The van der Waals surface area contributed by atoms with Gasteiger partial charge in [0.15, 0.2) is 11.5 Å². The minimum atomic E-state index is -0.617. The van der Waals surface area contributed by atoms with Gasteiger partial charge in [-0.3, -0.25) is 9.59 Å². The van der Waals surface area contributed by atoms with E-state index < -0.39 is 12.0 Å². The number of thioether (sulfide) groups is 1. The third kappa shape index (κ3) is 3.31. The molecular weight excluding hydrogens is 372 g/mol. The fraction of sp³-hybridized carbons (Fsp3) is 0.500. The van der Waals surface area contributed by atoms with Crippen molar-refractivity contribution < 1.29 is 28.6 Å². The number of carbonyl (C=O) groups excluding carboxylic acids is 3. The molecule has 2 saturated heterocycles. The van der Waals surface area contributed by atoms with E-state index in [0.717, 1.165) is 6.42 Å². The van der Waals surface area contributed by atoms with Crippen LogP contribution in [0.2, 0.25) is 0 Å². The second kappa shape index (κ2) is 7.30. The lowest BCUT2D eigenvalue weighted by Crippen LogP contribution is -2.48. The van der Waals surface area contributed by atoms with Crippen LogP contribution in [0.25, 0.3) is 0 Å². The van der Waals surface area contributed by atoms with E-state index in [9.17, 15) is 14.4 Å². The van der Waals surface area contributed by atoms with Crippen molar-refractivity contribution in [2.24, 2.45) is 0 Å². The zero-order valence-corrected chi connectivity index (χ0v) is 16.5. The van der Waals surface area contributed by atoms with Gasteiger partial charge in [-0.2, -0.15) is 0 Å². The third-order valence-corrected chi connectivity index (χ3v) is 6.44. The SMILES string of the molecule is COC(=O)c1cc(OC)c(OC)cc1NC(=O)C1CSC2(C)CCC(=O)N12. The number of nitrogens with one attached hydrogen (secondary N) is 1. The average Bonchev–Trinajstić information content (AvgIpc) is 3.16. The maximum atomic E-state index is 12.9. The van der Waals surface area contributed by atoms with E-state index in [1.807, 2.05) is 6.92 Å². The van der Waals surface area contributed by atoms with Gasteiger partial charge >= 0.3 is 5.97 Å². The van der Waals surface area contributed by atoms with Crippen molar-refractivity contribution in [2.75, 3.05) is 32.4 Å². The fourth-order valence-corrected chi connectivity index (χ4v) is 4.92. The Kier molecular flexibility index (Phi) is 5.23. The standard InChI is InChI=1S/C18H22N2O6S/c1-18-6-5-15(21)20(18)12(9-27-18)16(22)19-11-8-14(25-3)13(24-2)7-10(11)17(23)26-4/h7-8,12H,5-6,9H2,1-4H3,(H,19,22). The summed E-state index contributed by atoms with van der Waals surface area (Å²) in [5.74, 6) is 0.226. The van der Waals surface area contributed by atoms with E-state index in [1.54, 1.807) is 16.7 Å². The van der Waals surface area contributed by atoms with Crippen molar-refractivity contribution >= 4 is 35.2 Å². The van der Waals surface area contributed by atoms with Crippen molar-refractivity contribution in [3.05, 3.63) is 17.7 Å². The van der Waals surface area contributed by atoms with Gasteiger partial charge in [0.05, 0.1) is 37.5 Å². The molecule has 0 radical (unpaired) electrons. The highest BCUT2D eigenvalue weighted by Crippen LogP contribution is 2.47. The minimum Gasteiger partial charge on any atom is -0.493 e. The first-order valence-electron chi connectivity index (χ1n) is 8.46. The van der Waals surface area contributed by atoms with Gasteiger partial charge in [0.2, 0.25) is 11.8 Å². The molecule has 146 valence electrons. The summed E-state index contributed by atoms with van der Waals surface area (Å²) < 4.78 is 15.3. The molecule has 1 N–H and O–H groups in total. The molecule has 2 aliphatic rings. The lowest BCUT2D eigenvalue weighted by molar-refractivity contribution is -0.135. The van der Waals surface area contributed by atoms with Crippen molar-refractivity contribution in [1.82, 2.24) is 4.90 Å². The van der Waals surface area contributed by atoms with Gasteiger partial charge in [0, 0.05) is 24.3 Å². The number of esters is 1. The van der Waals surface area contributed by atoms with Crippen LogP contribution >= 0.6 is 11.8 Å². The second-order valence-corrected chi connectivity index (χ2v) is 8.00. The molecule has 2 heterocycles. The lowest BCUT2D eigenvalue weighted by Gasteiger charge is -2.30. The molecule has 2 fully saturated rings. The molecule has 0 aromatic heterocycles. The van der Waals surface area contributed by atoms with Gasteiger partial charge in [0.1, 0.15) is 6.04 Å². The Morgan fingerprint density at radius 3 is 2.52 bits per heavy atom. The zero-order chi connectivity index (χ0) is 19.8. The van der Waals surface area contributed by atoms with Gasteiger partial charge in [-0.05, 0) is 13.3 Å². The Morgan fingerprint density at radius 2 is 1.89 bits per heavy atom. The number of anilines is 1. The Morgan fingerprint density at radius 1 is 1.22 bits per heavy atom. The zero-order valence-electron chi connectivity index (χ0n) is 15.7. The van der Waals surface area contributed by atoms with E-state index in [4.69, 9.17) is 14.2 Å². The second-order valence-electron chi connectivity index (χ2n) is 6.50. The Hall–Kier alpha value is -2.42. The molecular formula is C18H22N2O6S. The first-order chi connectivity index (χ1) is 12.8. The van der Waals surface area contributed by atoms with Gasteiger partial charge in [0.25, 0.3) is 0 Å². The molecule has 8 nitrogen and oxygen atoms in total. The first kappa shape index (κ1) is 19.3. The summed E-state index contributed by atoms with van der Waals surface area (Å²) in [6, 6.07) is 2.37. The number of hydrogen-bond acceptors (Lipinski definition) is 7. The molecule has 2 aliphatic heterocycles. The minimum absolute atomic E-state index is 0.0249. The topological polar surface area (TPSA) is 94.2 Å². The predicted molar refractivity (Wildman–Crippen MR) is 100 cm³/mol. The van der Waals surface area contributed by atoms with Crippen LogP contribution in [0.3, 0.4) is 0 Å². The van der Waals surface area contributed by atoms with E-state index in [-0.39, 0.29) is 27.9 Å². The number of carbonyl (C=O) groups is 3. The Labute approximate surface area is 161 Å². The van der Waals surface area contributed by atoms with Gasteiger partial charge in [-0.1, -0.05) is 0 Å². The van der Waals surface area contributed by atoms with Crippen LogP contribution in [0.5, 0.6) is 11.5 Å². The Balaban J connectivity index is 1.91. The molecule has 2 unspecified atom stereocenters. The number of ether oxygens (including phenoxy) is 3. The number of rotatable bonds is 5. The fourth-order valence-electron chi connectivity index (χ4n) is 3.49. The summed E-state index contributed by atoms with van der Waals surface area (Å²) in [4.78, 5) is 38.6. The van der Waals surface area contributed by atoms with Crippen molar-refractivity contribution in [3.8, 4) is 11.5 Å². The Bertz CT molecular complexity index is 798. The molecule has 2 amide bonds. The highest BCUT2D eigenvalue weighted by Gasteiger charge is 2.53. The molecule has 0 aliphatic carbocycles. The van der Waals surface area contributed by atoms with Crippen LogP contribution in [0, 0.1) is 0 Å². The summed E-state index contributed by atoms with van der Waals surface area (Å²) in [5, 5.41) is 2.76. The van der Waals surface area contributed by atoms with Crippen molar-refractivity contribution in [1.29, 1.82) is 0 Å². The molecule has 3 rings (SSSR count). The number of hydrogen-bond donors (Lipinski definition) is 1. The molecule has 27 heavy (non-hydrogen) atoms. The van der Waals surface area contributed by atoms with Crippen LogP contribution < -0.4 is 14.8 Å². The average molecular weight is 394 g/mol. The van der Waals surface area contributed by atoms with Crippen LogP contribution in [0.1, 0.15) is 30.1 Å². The van der Waals surface area contributed by atoms with E-state index in [1.165, 1.54) is 33.5 Å². The predicted octanol–water partition coefficient (Wildman–Crippen LogP) is 1.88. The number of amides is 2. The monoisotopic (exact) mass is 394 g/mol. The third-order valence-electron chi connectivity index (χ3n) is 4.93. The van der Waals surface area contributed by atoms with E-state index in [2.05, 4.69) is 5.32 Å². The van der Waals surface area contributed by atoms with Gasteiger partial charge in [-0.25, -0.2) is 4.79 Å². The molecule has 1 aromatic carbocycles. The molecule has 0 saturated carbocycles. The maximum Gasteiger partial charge on any atom is 0.340 e. The number of benzene rings is 1. The summed E-state index contributed by atoms with van der Waals surface area (Å²) >= 11 is 1.60. The highest BCUT2D eigenvalue weighted by atomic mass is 32.2. The molecule has 0 bridgehead atoms. The molecule has 1 aromatic rings. The summed E-state index contributed by atoms with van der Waals surface area (Å²) in [5.41, 5.74) is 0.388. The maximum absolute atomic E-state index is 12.9. The van der Waals surface area contributed by atoms with Crippen LogP contribution in [0.15, 0.2) is 12.1 Å². The van der Waals surface area contributed by atoms with Gasteiger partial charge in [-0.15, -0.1) is 11.8 Å². The molecule has 2 atom stereocenters.